The number of nitrogens with two attached hydrogens (primary N) is 1. The first-order valence-corrected chi connectivity index (χ1v) is 8.35. The maximum absolute atomic E-state index is 13.0. The molecule has 0 spiro atoms. The molecule has 1 heterocycles. The third-order valence-electron chi connectivity index (χ3n) is 5.19. The van der Waals surface area contributed by atoms with Gasteiger partial charge in [-0.1, -0.05) is 19.8 Å². The highest BCUT2D eigenvalue weighted by molar-refractivity contribution is 5.86. The number of piperidine rings is 1. The summed E-state index contributed by atoms with van der Waals surface area (Å²) in [4.78, 5) is 17.2. The Morgan fingerprint density at radius 3 is 2.62 bits per heavy atom. The average Bonchev–Trinajstić information content (AvgIpc) is 2.45. The summed E-state index contributed by atoms with van der Waals surface area (Å²) >= 11 is 0. The third kappa shape index (κ3) is 3.96. The minimum atomic E-state index is -0.712. The first-order chi connectivity index (χ1) is 9.96. The second-order valence-corrected chi connectivity index (χ2v) is 7.11. The lowest BCUT2D eigenvalue weighted by Gasteiger charge is -2.43. The van der Waals surface area contributed by atoms with E-state index in [1.54, 1.807) is 0 Å². The van der Waals surface area contributed by atoms with Gasteiger partial charge in [-0.15, -0.1) is 0 Å². The molecule has 2 fully saturated rings. The predicted octanol–water partition coefficient (Wildman–Crippen LogP) is 0.809. The Hall–Kier alpha value is -0.650. The van der Waals surface area contributed by atoms with Crippen molar-refractivity contribution in [2.75, 3.05) is 33.3 Å². The average molecular weight is 297 g/mol. The zero-order valence-corrected chi connectivity index (χ0v) is 13.6. The van der Waals surface area contributed by atoms with Crippen molar-refractivity contribution in [1.82, 2.24) is 9.80 Å². The molecule has 122 valence electrons. The van der Waals surface area contributed by atoms with Crippen molar-refractivity contribution in [3.05, 3.63) is 0 Å². The van der Waals surface area contributed by atoms with Crippen LogP contribution >= 0.6 is 0 Å². The topological polar surface area (TPSA) is 69.8 Å². The van der Waals surface area contributed by atoms with Crippen molar-refractivity contribution >= 4 is 5.91 Å². The molecule has 0 radical (unpaired) electrons. The van der Waals surface area contributed by atoms with Gasteiger partial charge in [-0.25, -0.2) is 0 Å². The molecule has 3 N–H and O–H groups in total. The van der Waals surface area contributed by atoms with Crippen LogP contribution in [0.2, 0.25) is 0 Å². The fourth-order valence-corrected chi connectivity index (χ4v) is 3.94. The highest BCUT2D eigenvalue weighted by Gasteiger charge is 2.42. The van der Waals surface area contributed by atoms with Crippen LogP contribution in [0.3, 0.4) is 0 Å². The smallest absolute Gasteiger partial charge is 0.242 e. The molecule has 2 atom stereocenters. The van der Waals surface area contributed by atoms with Crippen LogP contribution in [-0.4, -0.2) is 65.7 Å². The van der Waals surface area contributed by atoms with Crippen LogP contribution in [0.15, 0.2) is 0 Å². The number of aliphatic hydroxyl groups is 1. The van der Waals surface area contributed by atoms with Crippen molar-refractivity contribution in [2.24, 2.45) is 11.7 Å². The molecule has 1 amide bonds. The molecule has 21 heavy (non-hydrogen) atoms. The molecule has 1 aliphatic carbocycles. The third-order valence-corrected chi connectivity index (χ3v) is 5.19. The minimum absolute atomic E-state index is 0.0176. The maximum atomic E-state index is 13.0. The first-order valence-electron chi connectivity index (χ1n) is 8.35. The second-order valence-electron chi connectivity index (χ2n) is 7.11. The lowest BCUT2D eigenvalue weighted by Crippen LogP contribution is -2.61. The van der Waals surface area contributed by atoms with E-state index in [0.717, 1.165) is 45.2 Å². The quantitative estimate of drug-likeness (QED) is 0.805. The zero-order valence-electron chi connectivity index (χ0n) is 13.6. The number of carbonyl (C=O) groups is 1. The highest BCUT2D eigenvalue weighted by atomic mass is 16.3. The molecule has 2 aliphatic rings. The predicted molar refractivity (Wildman–Crippen MR) is 83.9 cm³/mol. The summed E-state index contributed by atoms with van der Waals surface area (Å²) < 4.78 is 0. The summed E-state index contributed by atoms with van der Waals surface area (Å²) in [6.45, 7) is 4.63. The Morgan fingerprint density at radius 2 is 2.05 bits per heavy atom. The second kappa shape index (κ2) is 7.07. The van der Waals surface area contributed by atoms with Gasteiger partial charge in [0, 0.05) is 12.6 Å². The molecule has 0 aromatic heterocycles. The normalized spacial score (nSPS) is 32.1. The molecule has 0 aromatic carbocycles. The molecule has 1 saturated heterocycles. The van der Waals surface area contributed by atoms with Crippen LogP contribution in [0.5, 0.6) is 0 Å². The molecule has 5 nitrogen and oxygen atoms in total. The summed E-state index contributed by atoms with van der Waals surface area (Å²) in [5, 5.41) is 9.36. The van der Waals surface area contributed by atoms with Crippen molar-refractivity contribution < 1.29 is 9.90 Å². The van der Waals surface area contributed by atoms with E-state index in [0.29, 0.717) is 12.5 Å². The van der Waals surface area contributed by atoms with Gasteiger partial charge in [0.05, 0.1) is 12.1 Å². The van der Waals surface area contributed by atoms with E-state index < -0.39 is 5.54 Å². The summed E-state index contributed by atoms with van der Waals surface area (Å²) in [5.41, 5.74) is 5.76. The molecule has 0 bridgehead atoms. The molecular weight excluding hydrogens is 266 g/mol. The number of nitrogens with zero attached hydrogens (tertiary/aromatic N) is 2. The Kier molecular flexibility index (Phi) is 5.63. The van der Waals surface area contributed by atoms with E-state index in [9.17, 15) is 9.90 Å². The molecule has 2 rings (SSSR count). The highest BCUT2D eigenvalue weighted by Crippen LogP contribution is 2.33. The Morgan fingerprint density at radius 1 is 1.38 bits per heavy atom. The molecule has 5 heteroatoms. The van der Waals surface area contributed by atoms with Gasteiger partial charge in [-0.2, -0.15) is 0 Å². The van der Waals surface area contributed by atoms with Crippen LogP contribution in [0, 0.1) is 5.92 Å². The lowest BCUT2D eigenvalue weighted by atomic mass is 9.76. The van der Waals surface area contributed by atoms with Crippen molar-refractivity contribution in [3.63, 3.8) is 0 Å². The summed E-state index contributed by atoms with van der Waals surface area (Å²) in [7, 11) is 2.11. The van der Waals surface area contributed by atoms with Crippen LogP contribution in [0.1, 0.15) is 45.4 Å². The van der Waals surface area contributed by atoms with Gasteiger partial charge in [0.2, 0.25) is 5.91 Å². The van der Waals surface area contributed by atoms with E-state index in [1.807, 2.05) is 4.90 Å². The fraction of sp³-hybridized carbons (Fsp3) is 0.938. The molecular formula is C16H31N3O2. The SMILES string of the molecule is CC1CCCC(N)(C(=O)N(CCO)C2CCN(C)CC2)C1. The van der Waals surface area contributed by atoms with Gasteiger partial charge < -0.3 is 20.6 Å². The van der Waals surface area contributed by atoms with Crippen LogP contribution in [-0.2, 0) is 4.79 Å². The Balaban J connectivity index is 2.07. The number of likely N-dealkylation sites (tertiary alicyclic amines) is 1. The van der Waals surface area contributed by atoms with Gasteiger partial charge in [-0.05, 0) is 51.7 Å². The minimum Gasteiger partial charge on any atom is -0.395 e. The Labute approximate surface area is 128 Å². The first kappa shape index (κ1) is 16.7. The number of aliphatic hydroxyl groups excluding tert-OH is 1. The largest absolute Gasteiger partial charge is 0.395 e. The molecule has 1 saturated carbocycles. The van der Waals surface area contributed by atoms with Gasteiger partial charge in [0.1, 0.15) is 0 Å². The van der Waals surface area contributed by atoms with Crippen LogP contribution < -0.4 is 5.73 Å². The number of rotatable bonds is 4. The van der Waals surface area contributed by atoms with Gasteiger partial charge in [0.25, 0.3) is 0 Å². The molecule has 1 aliphatic heterocycles. The van der Waals surface area contributed by atoms with Crippen LogP contribution in [0.4, 0.5) is 0 Å². The maximum Gasteiger partial charge on any atom is 0.242 e. The number of carbonyl (C=O) groups excluding carboxylic acids is 1. The van der Waals surface area contributed by atoms with Crippen molar-refractivity contribution in [1.29, 1.82) is 0 Å². The summed E-state index contributed by atoms with van der Waals surface area (Å²) in [5.74, 6) is 0.582. The fourth-order valence-electron chi connectivity index (χ4n) is 3.94. The van der Waals surface area contributed by atoms with Gasteiger partial charge >= 0.3 is 0 Å². The van der Waals surface area contributed by atoms with Crippen molar-refractivity contribution in [2.45, 2.75) is 57.0 Å². The number of hydrogen-bond donors (Lipinski definition) is 2. The molecule has 2 unspecified atom stereocenters. The zero-order chi connectivity index (χ0) is 15.5. The van der Waals surface area contributed by atoms with E-state index >= 15 is 0 Å². The van der Waals surface area contributed by atoms with Crippen molar-refractivity contribution in [3.8, 4) is 0 Å². The van der Waals surface area contributed by atoms with Crippen LogP contribution in [0.25, 0.3) is 0 Å². The standard InChI is InChI=1S/C16H31N3O2/c1-13-4-3-7-16(17,12-13)15(21)19(10-11-20)14-5-8-18(2)9-6-14/h13-14,20H,3-12,17H2,1-2H3. The lowest BCUT2D eigenvalue weighted by molar-refractivity contribution is -0.143. The number of amides is 1. The van der Waals surface area contributed by atoms with Gasteiger partial charge in [-0.3, -0.25) is 4.79 Å². The number of hydrogen-bond acceptors (Lipinski definition) is 4. The summed E-state index contributed by atoms with van der Waals surface area (Å²) in [6.07, 6.45) is 5.72. The van der Waals surface area contributed by atoms with E-state index in [1.165, 1.54) is 6.42 Å². The van der Waals surface area contributed by atoms with E-state index in [4.69, 9.17) is 5.73 Å². The molecule has 0 aromatic rings. The van der Waals surface area contributed by atoms with E-state index in [2.05, 4.69) is 18.9 Å². The van der Waals surface area contributed by atoms with E-state index in [-0.39, 0.29) is 18.6 Å². The summed E-state index contributed by atoms with van der Waals surface area (Å²) in [6, 6.07) is 0.235. The van der Waals surface area contributed by atoms with Gasteiger partial charge in [0.15, 0.2) is 0 Å². The monoisotopic (exact) mass is 297 g/mol. The Bertz CT molecular complexity index is 355.